The molecule has 7 heteroatoms. The molecular formula is C20H17ClN4O2. The summed E-state index contributed by atoms with van der Waals surface area (Å²) in [6.07, 6.45) is 1.59. The molecule has 0 aliphatic rings. The van der Waals surface area contributed by atoms with Gasteiger partial charge in [0.2, 0.25) is 5.91 Å². The number of halogens is 1. The van der Waals surface area contributed by atoms with E-state index in [1.165, 1.54) is 6.92 Å². The first kappa shape index (κ1) is 18.4. The first-order valence-electron chi connectivity index (χ1n) is 8.17. The molecule has 2 aromatic carbocycles. The Kier molecular flexibility index (Phi) is 5.68. The van der Waals surface area contributed by atoms with Crippen molar-refractivity contribution in [3.05, 3.63) is 77.6 Å². The number of carbonyl (C=O) groups is 2. The first-order valence-corrected chi connectivity index (χ1v) is 8.55. The zero-order chi connectivity index (χ0) is 19.2. The molecule has 3 rings (SSSR count). The summed E-state index contributed by atoms with van der Waals surface area (Å²) >= 11 is 5.86. The third-order valence-electron chi connectivity index (χ3n) is 3.59. The minimum atomic E-state index is -0.319. The Morgan fingerprint density at radius 1 is 0.778 bits per heavy atom. The quantitative estimate of drug-likeness (QED) is 0.599. The van der Waals surface area contributed by atoms with Crippen LogP contribution in [-0.2, 0) is 4.79 Å². The van der Waals surface area contributed by atoms with E-state index in [1.807, 2.05) is 12.1 Å². The van der Waals surface area contributed by atoms with Gasteiger partial charge in [0.1, 0.15) is 5.69 Å². The first-order chi connectivity index (χ1) is 13.0. The molecule has 0 radical (unpaired) electrons. The van der Waals surface area contributed by atoms with Crippen LogP contribution in [0.5, 0.6) is 0 Å². The van der Waals surface area contributed by atoms with Crippen LogP contribution in [0.2, 0.25) is 5.02 Å². The maximum atomic E-state index is 12.3. The van der Waals surface area contributed by atoms with Crippen LogP contribution in [0.1, 0.15) is 17.4 Å². The van der Waals surface area contributed by atoms with E-state index in [4.69, 9.17) is 11.6 Å². The minimum absolute atomic E-state index is 0.150. The number of aromatic nitrogens is 1. The third-order valence-corrected chi connectivity index (χ3v) is 3.84. The molecule has 0 aliphatic heterocycles. The summed E-state index contributed by atoms with van der Waals surface area (Å²) in [4.78, 5) is 27.5. The van der Waals surface area contributed by atoms with Crippen molar-refractivity contribution in [3.8, 4) is 0 Å². The Morgan fingerprint density at radius 2 is 1.33 bits per heavy atom. The van der Waals surface area contributed by atoms with Gasteiger partial charge in [0.25, 0.3) is 5.91 Å². The van der Waals surface area contributed by atoms with Gasteiger partial charge < -0.3 is 16.0 Å². The number of hydrogen-bond donors (Lipinski definition) is 3. The fraction of sp³-hybridized carbons (Fsp3) is 0.0500. The lowest BCUT2D eigenvalue weighted by molar-refractivity contribution is -0.114. The van der Waals surface area contributed by atoms with Crippen LogP contribution in [0, 0.1) is 0 Å². The van der Waals surface area contributed by atoms with Crippen LogP contribution in [0.4, 0.5) is 22.7 Å². The molecule has 3 aromatic rings. The van der Waals surface area contributed by atoms with E-state index in [2.05, 4.69) is 20.9 Å². The molecule has 2 amide bonds. The van der Waals surface area contributed by atoms with Gasteiger partial charge in [-0.25, -0.2) is 4.98 Å². The maximum Gasteiger partial charge on any atom is 0.274 e. The van der Waals surface area contributed by atoms with Crippen molar-refractivity contribution in [2.24, 2.45) is 0 Å². The Hall–Kier alpha value is -3.38. The third kappa shape index (κ3) is 5.29. The highest BCUT2D eigenvalue weighted by Crippen LogP contribution is 2.19. The molecule has 1 aromatic heterocycles. The molecule has 0 saturated carbocycles. The molecular weight excluding hydrogens is 364 g/mol. The second-order valence-corrected chi connectivity index (χ2v) is 6.21. The molecule has 0 fully saturated rings. The van der Waals surface area contributed by atoms with Gasteiger partial charge >= 0.3 is 0 Å². The van der Waals surface area contributed by atoms with E-state index in [9.17, 15) is 9.59 Å². The molecule has 0 spiro atoms. The topological polar surface area (TPSA) is 83.1 Å². The fourth-order valence-corrected chi connectivity index (χ4v) is 2.46. The summed E-state index contributed by atoms with van der Waals surface area (Å²) in [5, 5.41) is 9.28. The highest BCUT2D eigenvalue weighted by molar-refractivity contribution is 6.30. The Bertz CT molecular complexity index is 939. The van der Waals surface area contributed by atoms with Crippen molar-refractivity contribution >= 4 is 46.2 Å². The zero-order valence-electron chi connectivity index (χ0n) is 14.5. The highest BCUT2D eigenvalue weighted by Gasteiger charge is 2.08. The highest BCUT2D eigenvalue weighted by atomic mass is 35.5. The fourth-order valence-electron chi connectivity index (χ4n) is 2.34. The van der Waals surface area contributed by atoms with Crippen LogP contribution >= 0.6 is 11.6 Å². The lowest BCUT2D eigenvalue weighted by atomic mass is 10.2. The molecule has 1 heterocycles. The van der Waals surface area contributed by atoms with E-state index < -0.39 is 0 Å². The average molecular weight is 381 g/mol. The van der Waals surface area contributed by atoms with Crippen LogP contribution in [0.25, 0.3) is 0 Å². The van der Waals surface area contributed by atoms with Crippen molar-refractivity contribution in [2.45, 2.75) is 6.92 Å². The number of pyridine rings is 1. The molecule has 0 saturated heterocycles. The number of benzene rings is 2. The summed E-state index contributed by atoms with van der Waals surface area (Å²) in [6, 6.07) is 17.5. The normalized spacial score (nSPS) is 10.1. The molecule has 27 heavy (non-hydrogen) atoms. The molecule has 0 aliphatic carbocycles. The van der Waals surface area contributed by atoms with Gasteiger partial charge in [0.05, 0.1) is 11.9 Å². The number of carbonyl (C=O) groups excluding carboxylic acids is 2. The van der Waals surface area contributed by atoms with Crippen LogP contribution in [-0.4, -0.2) is 16.8 Å². The molecule has 0 bridgehead atoms. The Morgan fingerprint density at radius 3 is 1.89 bits per heavy atom. The predicted molar refractivity (Wildman–Crippen MR) is 108 cm³/mol. The second-order valence-electron chi connectivity index (χ2n) is 5.78. The van der Waals surface area contributed by atoms with Crippen molar-refractivity contribution in [1.82, 2.24) is 4.98 Å². The number of anilines is 4. The SMILES string of the molecule is CC(=O)Nc1ccc(NC(=O)c2ccc(Nc3ccc(Cl)cc3)cn2)cc1. The van der Waals surface area contributed by atoms with Gasteiger partial charge in [0.15, 0.2) is 0 Å². The minimum Gasteiger partial charge on any atom is -0.354 e. The number of hydrogen-bond acceptors (Lipinski definition) is 4. The van der Waals surface area contributed by atoms with Gasteiger partial charge in [-0.05, 0) is 60.7 Å². The van der Waals surface area contributed by atoms with Crippen molar-refractivity contribution < 1.29 is 9.59 Å². The maximum absolute atomic E-state index is 12.3. The smallest absolute Gasteiger partial charge is 0.274 e. The Balaban J connectivity index is 1.61. The van der Waals surface area contributed by atoms with Gasteiger partial charge in [-0.1, -0.05) is 11.6 Å². The lowest BCUT2D eigenvalue weighted by Crippen LogP contribution is -2.13. The molecule has 3 N–H and O–H groups in total. The van der Waals surface area contributed by atoms with Gasteiger partial charge in [-0.2, -0.15) is 0 Å². The summed E-state index contributed by atoms with van der Waals surface area (Å²) in [5.74, 6) is -0.469. The van der Waals surface area contributed by atoms with E-state index >= 15 is 0 Å². The number of rotatable bonds is 5. The van der Waals surface area contributed by atoms with Crippen LogP contribution in [0.15, 0.2) is 66.9 Å². The molecule has 6 nitrogen and oxygen atoms in total. The molecule has 136 valence electrons. The second kappa shape index (κ2) is 8.33. The monoisotopic (exact) mass is 380 g/mol. The molecule has 0 atom stereocenters. The van der Waals surface area contributed by atoms with E-state index in [1.54, 1.807) is 54.7 Å². The number of amides is 2. The van der Waals surface area contributed by atoms with E-state index in [0.717, 1.165) is 11.4 Å². The van der Waals surface area contributed by atoms with Gasteiger partial charge in [0, 0.05) is 29.0 Å². The predicted octanol–water partition coefficient (Wildman–Crippen LogP) is 4.69. The zero-order valence-corrected chi connectivity index (χ0v) is 15.2. The van der Waals surface area contributed by atoms with Crippen LogP contribution in [0.3, 0.4) is 0 Å². The number of nitrogens with zero attached hydrogens (tertiary/aromatic N) is 1. The van der Waals surface area contributed by atoms with Crippen molar-refractivity contribution in [1.29, 1.82) is 0 Å². The summed E-state index contributed by atoms with van der Waals surface area (Å²) in [7, 11) is 0. The van der Waals surface area contributed by atoms with Crippen LogP contribution < -0.4 is 16.0 Å². The average Bonchev–Trinajstić information content (AvgIpc) is 2.65. The van der Waals surface area contributed by atoms with Gasteiger partial charge in [-0.3, -0.25) is 9.59 Å². The van der Waals surface area contributed by atoms with E-state index in [-0.39, 0.29) is 11.8 Å². The number of nitrogens with one attached hydrogen (secondary N) is 3. The largest absolute Gasteiger partial charge is 0.354 e. The Labute approximate surface area is 161 Å². The summed E-state index contributed by atoms with van der Waals surface area (Å²) in [6.45, 7) is 1.44. The van der Waals surface area contributed by atoms with Gasteiger partial charge in [-0.15, -0.1) is 0 Å². The van der Waals surface area contributed by atoms with E-state index in [0.29, 0.717) is 22.1 Å². The summed E-state index contributed by atoms with van der Waals surface area (Å²) in [5.41, 5.74) is 3.20. The molecule has 0 unspecified atom stereocenters. The van der Waals surface area contributed by atoms with Crippen molar-refractivity contribution in [2.75, 3.05) is 16.0 Å². The summed E-state index contributed by atoms with van der Waals surface area (Å²) < 4.78 is 0. The van der Waals surface area contributed by atoms with Crippen molar-refractivity contribution in [3.63, 3.8) is 0 Å². The standard InChI is InChI=1S/C20H17ClN4O2/c1-13(26)23-15-6-8-17(9-7-15)25-20(27)19-11-10-18(12-22-19)24-16-4-2-14(21)3-5-16/h2-12,24H,1H3,(H,23,26)(H,25,27). The lowest BCUT2D eigenvalue weighted by Gasteiger charge is -2.08.